The van der Waals surface area contributed by atoms with Crippen molar-refractivity contribution in [1.82, 2.24) is 19.7 Å². The smallest absolute Gasteiger partial charge is 0.277 e. The molecule has 0 unspecified atom stereocenters. The second-order valence-electron chi connectivity index (χ2n) is 6.62. The molecule has 0 aliphatic carbocycles. The molecule has 6 nitrogen and oxygen atoms in total. The minimum atomic E-state index is -0.121. The second-order valence-corrected chi connectivity index (χ2v) is 7.63. The Kier molecular flexibility index (Phi) is 4.92. The average molecular weight is 392 g/mol. The van der Waals surface area contributed by atoms with Crippen molar-refractivity contribution < 1.29 is 4.79 Å². The summed E-state index contributed by atoms with van der Waals surface area (Å²) in [6.45, 7) is 6.89. The number of carbonyl (C=O) groups excluding carboxylic acids is 1. The van der Waals surface area contributed by atoms with Gasteiger partial charge in [-0.15, -0.1) is 0 Å². The van der Waals surface area contributed by atoms with Crippen LogP contribution in [0, 0.1) is 13.8 Å². The number of para-hydroxylation sites is 1. The number of anilines is 1. The van der Waals surface area contributed by atoms with Crippen LogP contribution in [0.15, 0.2) is 48.7 Å². The molecule has 0 bridgehead atoms. The lowest BCUT2D eigenvalue weighted by molar-refractivity contribution is 0.0974. The van der Waals surface area contributed by atoms with Gasteiger partial charge in [-0.3, -0.25) is 19.4 Å². The van der Waals surface area contributed by atoms with Crippen molar-refractivity contribution >= 4 is 32.6 Å². The number of amides is 1. The van der Waals surface area contributed by atoms with E-state index < -0.39 is 0 Å². The molecule has 0 aliphatic heterocycles. The van der Waals surface area contributed by atoms with Gasteiger partial charge in [0.1, 0.15) is 5.69 Å². The van der Waals surface area contributed by atoms with Crippen LogP contribution < -0.4 is 4.90 Å². The van der Waals surface area contributed by atoms with Gasteiger partial charge in [0, 0.05) is 12.7 Å². The molecule has 0 spiro atoms. The summed E-state index contributed by atoms with van der Waals surface area (Å²) in [5.41, 5.74) is 4.22. The van der Waals surface area contributed by atoms with E-state index >= 15 is 0 Å². The zero-order valence-corrected chi connectivity index (χ0v) is 16.9. The summed E-state index contributed by atoms with van der Waals surface area (Å²) in [4.78, 5) is 24.4. The normalized spacial score (nSPS) is 11.1. The maximum atomic E-state index is 13.5. The van der Waals surface area contributed by atoms with E-state index in [2.05, 4.69) is 10.1 Å². The maximum Gasteiger partial charge on any atom is 0.278 e. The monoisotopic (exact) mass is 391 g/mol. The van der Waals surface area contributed by atoms with E-state index in [1.54, 1.807) is 15.8 Å². The average Bonchev–Trinajstić information content (AvgIpc) is 3.30. The third-order valence-electron chi connectivity index (χ3n) is 4.55. The molecule has 4 aromatic rings. The Hall–Kier alpha value is -3.06. The zero-order chi connectivity index (χ0) is 19.7. The first kappa shape index (κ1) is 18.3. The molecule has 0 fully saturated rings. The van der Waals surface area contributed by atoms with Crippen molar-refractivity contribution in [3.8, 4) is 0 Å². The fourth-order valence-electron chi connectivity index (χ4n) is 3.17. The predicted molar refractivity (Wildman–Crippen MR) is 112 cm³/mol. The van der Waals surface area contributed by atoms with Crippen molar-refractivity contribution in [2.45, 2.75) is 33.9 Å². The summed E-state index contributed by atoms with van der Waals surface area (Å²) >= 11 is 1.52. The molecular weight excluding hydrogens is 370 g/mol. The Morgan fingerprint density at radius 3 is 2.75 bits per heavy atom. The predicted octanol–water partition coefficient (Wildman–Crippen LogP) is 4.37. The number of benzene rings is 1. The highest BCUT2D eigenvalue weighted by atomic mass is 32.1. The van der Waals surface area contributed by atoms with Crippen LogP contribution >= 0.6 is 11.3 Å². The summed E-state index contributed by atoms with van der Waals surface area (Å²) in [5.74, 6) is -0.121. The number of carbonyl (C=O) groups is 1. The van der Waals surface area contributed by atoms with Gasteiger partial charge in [0.2, 0.25) is 0 Å². The van der Waals surface area contributed by atoms with Crippen LogP contribution in [0.1, 0.15) is 34.4 Å². The molecular formula is C21H21N5OS. The molecule has 4 rings (SSSR count). The van der Waals surface area contributed by atoms with E-state index in [0.29, 0.717) is 23.9 Å². The quantitative estimate of drug-likeness (QED) is 0.507. The van der Waals surface area contributed by atoms with Crippen molar-refractivity contribution in [1.29, 1.82) is 0 Å². The van der Waals surface area contributed by atoms with Crippen LogP contribution in [0.5, 0.6) is 0 Å². The number of hydrogen-bond acceptors (Lipinski definition) is 5. The van der Waals surface area contributed by atoms with E-state index in [4.69, 9.17) is 4.98 Å². The summed E-state index contributed by atoms with van der Waals surface area (Å²) in [7, 11) is 0. The number of nitrogens with zero attached hydrogens (tertiary/aromatic N) is 5. The molecule has 1 aromatic carbocycles. The molecule has 3 aromatic heterocycles. The van der Waals surface area contributed by atoms with Crippen LogP contribution in [-0.4, -0.2) is 25.7 Å². The van der Waals surface area contributed by atoms with Crippen LogP contribution in [0.4, 0.5) is 5.13 Å². The molecule has 1 amide bonds. The third kappa shape index (κ3) is 3.41. The molecule has 3 heterocycles. The third-order valence-corrected chi connectivity index (χ3v) is 5.60. The van der Waals surface area contributed by atoms with Gasteiger partial charge in [-0.1, -0.05) is 29.5 Å². The molecule has 28 heavy (non-hydrogen) atoms. The fourth-order valence-corrected chi connectivity index (χ4v) is 4.21. The summed E-state index contributed by atoms with van der Waals surface area (Å²) in [6.07, 6.45) is 1.74. The molecule has 7 heteroatoms. The van der Waals surface area contributed by atoms with Crippen LogP contribution in [0.2, 0.25) is 0 Å². The van der Waals surface area contributed by atoms with Crippen LogP contribution in [0.25, 0.3) is 10.2 Å². The number of aromatic nitrogens is 4. The molecule has 0 atom stereocenters. The van der Waals surface area contributed by atoms with Gasteiger partial charge >= 0.3 is 0 Å². The lowest BCUT2D eigenvalue weighted by Crippen LogP contribution is -2.32. The van der Waals surface area contributed by atoms with Crippen LogP contribution in [-0.2, 0) is 13.1 Å². The van der Waals surface area contributed by atoms with E-state index in [1.165, 1.54) is 11.3 Å². The molecule has 142 valence electrons. The molecule has 0 saturated heterocycles. The highest BCUT2D eigenvalue weighted by Crippen LogP contribution is 2.32. The minimum absolute atomic E-state index is 0.121. The highest BCUT2D eigenvalue weighted by Gasteiger charge is 2.25. The van der Waals surface area contributed by atoms with Crippen LogP contribution in [0.3, 0.4) is 0 Å². The van der Waals surface area contributed by atoms with Gasteiger partial charge < -0.3 is 0 Å². The van der Waals surface area contributed by atoms with Gasteiger partial charge in [0.25, 0.3) is 5.91 Å². The number of aryl methyl sites for hydroxylation is 3. The van der Waals surface area contributed by atoms with Crippen molar-refractivity contribution in [2.24, 2.45) is 0 Å². The lowest BCUT2D eigenvalue weighted by atomic mass is 10.2. The van der Waals surface area contributed by atoms with Gasteiger partial charge in [-0.05, 0) is 50.6 Å². The topological polar surface area (TPSA) is 63.9 Å². The first-order valence-electron chi connectivity index (χ1n) is 9.19. The fraction of sp³-hybridized carbons (Fsp3) is 0.238. The van der Waals surface area contributed by atoms with Crippen molar-refractivity contribution in [3.05, 3.63) is 71.3 Å². The van der Waals surface area contributed by atoms with E-state index in [1.807, 2.05) is 63.2 Å². The van der Waals surface area contributed by atoms with Gasteiger partial charge in [-0.2, -0.15) is 5.10 Å². The van der Waals surface area contributed by atoms with Gasteiger partial charge in [-0.25, -0.2) is 4.98 Å². The molecule has 0 saturated carbocycles. The molecule has 0 N–H and O–H groups in total. The summed E-state index contributed by atoms with van der Waals surface area (Å²) < 4.78 is 2.80. The van der Waals surface area contributed by atoms with E-state index in [-0.39, 0.29) is 5.91 Å². The zero-order valence-electron chi connectivity index (χ0n) is 16.1. The Bertz CT molecular complexity index is 1130. The Balaban J connectivity index is 1.81. The van der Waals surface area contributed by atoms with E-state index in [0.717, 1.165) is 27.2 Å². The molecule has 0 radical (unpaired) electrons. The van der Waals surface area contributed by atoms with Crippen molar-refractivity contribution in [3.63, 3.8) is 0 Å². The van der Waals surface area contributed by atoms with Gasteiger partial charge in [0.05, 0.1) is 28.1 Å². The van der Waals surface area contributed by atoms with Gasteiger partial charge in [0.15, 0.2) is 5.13 Å². The SMILES string of the molecule is CCn1nc(C)cc1C(=O)N(Cc1ccccn1)c1nc2c(C)cccc2s1. The van der Waals surface area contributed by atoms with Crippen molar-refractivity contribution in [2.75, 3.05) is 4.90 Å². The Labute approximate surface area is 167 Å². The Morgan fingerprint density at radius 1 is 1.18 bits per heavy atom. The first-order valence-corrected chi connectivity index (χ1v) is 10.0. The largest absolute Gasteiger partial charge is 0.278 e. The number of thiazole rings is 1. The highest BCUT2D eigenvalue weighted by molar-refractivity contribution is 7.22. The number of fused-ring (bicyclic) bond motifs is 1. The summed E-state index contributed by atoms with van der Waals surface area (Å²) in [5, 5.41) is 5.09. The number of pyridine rings is 1. The van der Waals surface area contributed by atoms with E-state index in [9.17, 15) is 4.79 Å². The second kappa shape index (κ2) is 7.52. The Morgan fingerprint density at radius 2 is 2.04 bits per heavy atom. The maximum absolute atomic E-state index is 13.5. The number of rotatable bonds is 5. The standard InChI is InChI=1S/C21H21N5OS/c1-4-26-17(12-15(3)24-26)20(27)25(13-16-9-5-6-11-22-16)21-23-19-14(2)8-7-10-18(19)28-21/h5-12H,4,13H2,1-3H3. The number of hydrogen-bond donors (Lipinski definition) is 0. The minimum Gasteiger partial charge on any atom is -0.277 e. The molecule has 0 aliphatic rings. The first-order chi connectivity index (χ1) is 13.6. The summed E-state index contributed by atoms with van der Waals surface area (Å²) in [6, 6.07) is 13.6. The lowest BCUT2D eigenvalue weighted by Gasteiger charge is -2.19.